The maximum absolute atomic E-state index is 6.31. The van der Waals surface area contributed by atoms with Gasteiger partial charge >= 0.3 is 0 Å². The second-order valence-corrected chi connectivity index (χ2v) is 7.20. The summed E-state index contributed by atoms with van der Waals surface area (Å²) in [5.41, 5.74) is 3.41. The molecular formula is C18H18ClN3S. The van der Waals surface area contributed by atoms with Gasteiger partial charge in [-0.25, -0.2) is 0 Å². The third kappa shape index (κ3) is 3.43. The van der Waals surface area contributed by atoms with Gasteiger partial charge < -0.3 is 0 Å². The van der Waals surface area contributed by atoms with Crippen LogP contribution >= 0.6 is 23.4 Å². The van der Waals surface area contributed by atoms with E-state index < -0.39 is 0 Å². The quantitative estimate of drug-likeness (QED) is 0.595. The molecule has 3 nitrogen and oxygen atoms in total. The molecule has 1 heterocycles. The Kier molecular flexibility index (Phi) is 4.74. The summed E-state index contributed by atoms with van der Waals surface area (Å²) in [5.74, 6) is 0.879. The minimum Gasteiger partial charge on any atom is -0.274 e. The summed E-state index contributed by atoms with van der Waals surface area (Å²) < 4.78 is 2.09. The van der Waals surface area contributed by atoms with Crippen molar-refractivity contribution in [2.45, 2.75) is 31.2 Å². The van der Waals surface area contributed by atoms with Gasteiger partial charge in [0, 0.05) is 16.0 Å². The first-order valence-electron chi connectivity index (χ1n) is 7.46. The standard InChI is InChI=1S/C18H18ClN3S/c1-12-7-6-8-15(11-12)22-14(3)20-21-18(22)23-13(2)16-9-4-5-10-17(16)19/h4-11,13H,1-3H3/t13-/m1/s1. The Morgan fingerprint density at radius 2 is 1.83 bits per heavy atom. The van der Waals surface area contributed by atoms with Crippen molar-refractivity contribution < 1.29 is 0 Å². The van der Waals surface area contributed by atoms with Crippen molar-refractivity contribution in [1.82, 2.24) is 14.8 Å². The summed E-state index contributed by atoms with van der Waals surface area (Å²) in [6, 6.07) is 16.3. The van der Waals surface area contributed by atoms with E-state index in [4.69, 9.17) is 11.6 Å². The van der Waals surface area contributed by atoms with Crippen LogP contribution in [0.2, 0.25) is 5.02 Å². The number of hydrogen-bond donors (Lipinski definition) is 0. The van der Waals surface area contributed by atoms with Crippen LogP contribution in [-0.4, -0.2) is 14.8 Å². The molecule has 0 bridgehead atoms. The normalized spacial score (nSPS) is 12.3. The van der Waals surface area contributed by atoms with Crippen LogP contribution in [0.25, 0.3) is 5.69 Å². The third-order valence-electron chi connectivity index (χ3n) is 3.68. The molecule has 0 saturated heterocycles. The van der Waals surface area contributed by atoms with Gasteiger partial charge in [0.15, 0.2) is 5.16 Å². The van der Waals surface area contributed by atoms with Crippen molar-refractivity contribution in [3.63, 3.8) is 0 Å². The van der Waals surface area contributed by atoms with Crippen molar-refractivity contribution in [3.8, 4) is 5.69 Å². The Bertz CT molecular complexity index is 829. The number of aromatic nitrogens is 3. The van der Waals surface area contributed by atoms with Gasteiger partial charge in [-0.05, 0) is 50.1 Å². The lowest BCUT2D eigenvalue weighted by Gasteiger charge is -2.14. The fourth-order valence-electron chi connectivity index (χ4n) is 2.51. The van der Waals surface area contributed by atoms with Crippen molar-refractivity contribution in [2.24, 2.45) is 0 Å². The SMILES string of the molecule is Cc1cccc(-n2c(C)nnc2S[C@H](C)c2ccccc2Cl)c1. The molecule has 0 saturated carbocycles. The summed E-state index contributed by atoms with van der Waals surface area (Å²) in [6.45, 7) is 6.19. The summed E-state index contributed by atoms with van der Waals surface area (Å²) >= 11 is 7.98. The summed E-state index contributed by atoms with van der Waals surface area (Å²) in [7, 11) is 0. The van der Waals surface area contributed by atoms with E-state index >= 15 is 0 Å². The molecule has 0 radical (unpaired) electrons. The largest absolute Gasteiger partial charge is 0.274 e. The van der Waals surface area contributed by atoms with Crippen molar-refractivity contribution in [3.05, 3.63) is 70.5 Å². The zero-order valence-electron chi connectivity index (χ0n) is 13.3. The summed E-state index contributed by atoms with van der Waals surface area (Å²) in [6.07, 6.45) is 0. The molecule has 0 aliphatic heterocycles. The Balaban J connectivity index is 1.94. The summed E-state index contributed by atoms with van der Waals surface area (Å²) in [5, 5.41) is 10.4. The fourth-order valence-corrected chi connectivity index (χ4v) is 3.95. The van der Waals surface area contributed by atoms with E-state index in [1.165, 1.54) is 5.56 Å². The molecule has 0 amide bonds. The molecule has 0 N–H and O–H groups in total. The molecule has 3 rings (SSSR count). The maximum Gasteiger partial charge on any atom is 0.196 e. The van der Waals surface area contributed by atoms with E-state index in [9.17, 15) is 0 Å². The molecule has 2 aromatic carbocycles. The number of aryl methyl sites for hydroxylation is 2. The van der Waals surface area contributed by atoms with Crippen LogP contribution in [0.3, 0.4) is 0 Å². The fraction of sp³-hybridized carbons (Fsp3) is 0.222. The first kappa shape index (κ1) is 16.1. The second-order valence-electron chi connectivity index (χ2n) is 5.49. The highest BCUT2D eigenvalue weighted by Crippen LogP contribution is 2.38. The monoisotopic (exact) mass is 343 g/mol. The molecule has 0 aliphatic rings. The zero-order valence-corrected chi connectivity index (χ0v) is 14.9. The molecule has 23 heavy (non-hydrogen) atoms. The predicted molar refractivity (Wildman–Crippen MR) is 96.6 cm³/mol. The van der Waals surface area contributed by atoms with Gasteiger partial charge in [0.1, 0.15) is 5.82 Å². The van der Waals surface area contributed by atoms with Crippen LogP contribution in [0, 0.1) is 13.8 Å². The van der Waals surface area contributed by atoms with Gasteiger partial charge in [-0.2, -0.15) is 0 Å². The molecule has 1 aromatic heterocycles. The molecule has 5 heteroatoms. The van der Waals surface area contributed by atoms with Gasteiger partial charge in [0.05, 0.1) is 0 Å². The first-order chi connectivity index (χ1) is 11.1. The lowest BCUT2D eigenvalue weighted by molar-refractivity contribution is 0.861. The second kappa shape index (κ2) is 6.77. The number of hydrogen-bond acceptors (Lipinski definition) is 3. The highest BCUT2D eigenvalue weighted by atomic mass is 35.5. The Morgan fingerprint density at radius 1 is 1.04 bits per heavy atom. The van der Waals surface area contributed by atoms with Gasteiger partial charge in [-0.15, -0.1) is 10.2 Å². The average Bonchev–Trinajstić information content (AvgIpc) is 2.88. The van der Waals surface area contributed by atoms with Crippen LogP contribution in [0.5, 0.6) is 0 Å². The van der Waals surface area contributed by atoms with Crippen molar-refractivity contribution in [2.75, 3.05) is 0 Å². The van der Waals surface area contributed by atoms with Crippen LogP contribution in [-0.2, 0) is 0 Å². The van der Waals surface area contributed by atoms with E-state index in [1.54, 1.807) is 11.8 Å². The molecule has 0 aliphatic carbocycles. The van der Waals surface area contributed by atoms with E-state index in [1.807, 2.05) is 25.1 Å². The summed E-state index contributed by atoms with van der Waals surface area (Å²) in [4.78, 5) is 0. The number of benzene rings is 2. The topological polar surface area (TPSA) is 30.7 Å². The van der Waals surface area contributed by atoms with Gasteiger partial charge in [-0.1, -0.05) is 53.7 Å². The van der Waals surface area contributed by atoms with Crippen molar-refractivity contribution >= 4 is 23.4 Å². The number of nitrogens with zero attached hydrogens (tertiary/aromatic N) is 3. The maximum atomic E-state index is 6.31. The molecule has 1 atom stereocenters. The molecule has 0 spiro atoms. The Hall–Kier alpha value is -1.78. The Morgan fingerprint density at radius 3 is 2.57 bits per heavy atom. The van der Waals surface area contributed by atoms with E-state index in [2.05, 4.69) is 58.9 Å². The minimum absolute atomic E-state index is 0.191. The van der Waals surface area contributed by atoms with Crippen LogP contribution < -0.4 is 0 Å². The molecular weight excluding hydrogens is 326 g/mol. The minimum atomic E-state index is 0.191. The van der Waals surface area contributed by atoms with E-state index in [-0.39, 0.29) is 5.25 Å². The lowest BCUT2D eigenvalue weighted by atomic mass is 10.2. The van der Waals surface area contributed by atoms with Crippen LogP contribution in [0.4, 0.5) is 0 Å². The van der Waals surface area contributed by atoms with E-state index in [0.29, 0.717) is 0 Å². The van der Waals surface area contributed by atoms with Gasteiger partial charge in [0.2, 0.25) is 0 Å². The lowest BCUT2D eigenvalue weighted by Crippen LogP contribution is -2.01. The highest BCUT2D eigenvalue weighted by Gasteiger charge is 2.17. The van der Waals surface area contributed by atoms with Gasteiger partial charge in [0.25, 0.3) is 0 Å². The molecule has 0 fully saturated rings. The highest BCUT2D eigenvalue weighted by molar-refractivity contribution is 7.99. The Labute approximate surface area is 145 Å². The predicted octanol–water partition coefficient (Wildman–Crippen LogP) is 5.39. The first-order valence-corrected chi connectivity index (χ1v) is 8.72. The van der Waals surface area contributed by atoms with Crippen molar-refractivity contribution in [1.29, 1.82) is 0 Å². The van der Waals surface area contributed by atoms with E-state index in [0.717, 1.165) is 27.3 Å². The van der Waals surface area contributed by atoms with Crippen LogP contribution in [0.1, 0.15) is 29.1 Å². The van der Waals surface area contributed by atoms with Gasteiger partial charge in [-0.3, -0.25) is 4.57 Å². The number of thioether (sulfide) groups is 1. The smallest absolute Gasteiger partial charge is 0.196 e. The average molecular weight is 344 g/mol. The molecule has 0 unspecified atom stereocenters. The molecule has 118 valence electrons. The van der Waals surface area contributed by atoms with Crippen LogP contribution in [0.15, 0.2) is 53.7 Å². The molecule has 3 aromatic rings. The number of halogens is 1. The third-order valence-corrected chi connectivity index (χ3v) is 5.11. The number of rotatable bonds is 4. The zero-order chi connectivity index (χ0) is 16.4.